The highest BCUT2D eigenvalue weighted by atomic mass is 35.5. The van der Waals surface area contributed by atoms with Crippen molar-refractivity contribution in [3.8, 4) is 34.0 Å². The molecule has 218 valence electrons. The molecule has 7 nitrogen and oxygen atoms in total. The summed E-state index contributed by atoms with van der Waals surface area (Å²) in [5.41, 5.74) is 11.1. The van der Waals surface area contributed by atoms with E-state index in [1.807, 2.05) is 68.4 Å². The number of nitrogens with two attached hydrogens (primary N) is 1. The van der Waals surface area contributed by atoms with Crippen LogP contribution >= 0.6 is 11.6 Å². The van der Waals surface area contributed by atoms with Crippen LogP contribution in [0.1, 0.15) is 44.2 Å². The zero-order valence-corrected chi connectivity index (χ0v) is 24.9. The third-order valence-corrected chi connectivity index (χ3v) is 8.30. The van der Waals surface area contributed by atoms with Gasteiger partial charge in [0.05, 0.1) is 5.41 Å². The van der Waals surface area contributed by atoms with Crippen molar-refractivity contribution in [3.05, 3.63) is 95.5 Å². The minimum Gasteiger partial charge on any atom is -0.481 e. The molecule has 0 unspecified atom stereocenters. The number of aromatic nitrogens is 2. The number of benzene rings is 3. The number of likely N-dealkylation sites (tertiary alicyclic amines) is 1. The van der Waals surface area contributed by atoms with Gasteiger partial charge in [-0.3, -0.25) is 9.69 Å². The molecule has 0 atom stereocenters. The highest BCUT2D eigenvalue weighted by Gasteiger charge is 2.40. The second kappa shape index (κ2) is 12.2. The molecule has 0 amide bonds. The van der Waals surface area contributed by atoms with Gasteiger partial charge in [-0.25, -0.2) is 0 Å². The number of nitrogens with zero attached hydrogens (tertiary/aromatic N) is 3. The molecule has 0 bridgehead atoms. The first kappa shape index (κ1) is 29.7. The van der Waals surface area contributed by atoms with Crippen LogP contribution in [0.15, 0.2) is 83.9 Å². The molecule has 1 aliphatic heterocycles. The number of carboxylic acids is 1. The Morgan fingerprint density at radius 2 is 1.81 bits per heavy atom. The molecule has 0 saturated carbocycles. The van der Waals surface area contributed by atoms with Crippen molar-refractivity contribution in [1.82, 2.24) is 15.0 Å². The monoisotopic (exact) mass is 584 g/mol. The van der Waals surface area contributed by atoms with Gasteiger partial charge in [0.25, 0.3) is 5.89 Å². The predicted molar refractivity (Wildman–Crippen MR) is 167 cm³/mol. The molecule has 1 saturated heterocycles. The zero-order valence-electron chi connectivity index (χ0n) is 24.1. The Hall–Kier alpha value is -3.78. The molecule has 1 fully saturated rings. The summed E-state index contributed by atoms with van der Waals surface area (Å²) in [6, 6.07) is 22.0. The van der Waals surface area contributed by atoms with E-state index in [1.54, 1.807) is 6.08 Å². The topological polar surface area (TPSA) is 105 Å². The Kier molecular flexibility index (Phi) is 8.64. The van der Waals surface area contributed by atoms with E-state index in [0.717, 1.165) is 53.0 Å². The highest BCUT2D eigenvalue weighted by Crippen LogP contribution is 2.37. The number of piperidine rings is 1. The van der Waals surface area contributed by atoms with E-state index in [2.05, 4.69) is 28.8 Å². The van der Waals surface area contributed by atoms with Gasteiger partial charge in [0.2, 0.25) is 5.82 Å². The van der Waals surface area contributed by atoms with Gasteiger partial charge in [-0.15, -0.1) is 6.58 Å². The number of rotatable bonds is 10. The number of halogens is 1. The fraction of sp³-hybridized carbons (Fsp3) is 0.324. The number of carboxylic acid groups (broad SMARTS) is 1. The van der Waals surface area contributed by atoms with E-state index in [-0.39, 0.29) is 0 Å². The maximum absolute atomic E-state index is 12.0. The molecular formula is C34H37ClN4O3. The smallest absolute Gasteiger partial charge is 0.310 e. The quantitative estimate of drug-likeness (QED) is 0.189. The number of hydrogen-bond acceptors (Lipinski definition) is 6. The van der Waals surface area contributed by atoms with Gasteiger partial charge in [-0.1, -0.05) is 77.4 Å². The molecule has 0 aliphatic carbocycles. The molecule has 1 aliphatic rings. The van der Waals surface area contributed by atoms with Gasteiger partial charge in [0, 0.05) is 33.8 Å². The first-order valence-corrected chi connectivity index (χ1v) is 14.6. The van der Waals surface area contributed by atoms with Gasteiger partial charge in [0.1, 0.15) is 0 Å². The van der Waals surface area contributed by atoms with E-state index in [9.17, 15) is 9.90 Å². The lowest BCUT2D eigenvalue weighted by Crippen LogP contribution is -2.43. The lowest BCUT2D eigenvalue weighted by molar-refractivity contribution is -0.152. The number of aliphatic carboxylic acids is 1. The van der Waals surface area contributed by atoms with Crippen LogP contribution in [0.25, 0.3) is 34.0 Å². The summed E-state index contributed by atoms with van der Waals surface area (Å²) in [6.07, 6.45) is 4.06. The van der Waals surface area contributed by atoms with Gasteiger partial charge in [0.15, 0.2) is 0 Å². The summed E-state index contributed by atoms with van der Waals surface area (Å²) in [5, 5.41) is 14.7. The Morgan fingerprint density at radius 1 is 1.10 bits per heavy atom. The molecule has 0 radical (unpaired) electrons. The molecule has 4 aromatic rings. The summed E-state index contributed by atoms with van der Waals surface area (Å²) in [7, 11) is 0. The zero-order chi connectivity index (χ0) is 29.9. The van der Waals surface area contributed by atoms with Gasteiger partial charge < -0.3 is 15.4 Å². The van der Waals surface area contributed by atoms with Gasteiger partial charge in [-0.05, 0) is 81.4 Å². The number of hydrogen-bond donors (Lipinski definition) is 2. The van der Waals surface area contributed by atoms with Crippen molar-refractivity contribution >= 4 is 17.6 Å². The van der Waals surface area contributed by atoms with Crippen LogP contribution in [0.2, 0.25) is 5.02 Å². The molecule has 5 rings (SSSR count). The van der Waals surface area contributed by atoms with E-state index >= 15 is 0 Å². The van der Waals surface area contributed by atoms with Crippen molar-refractivity contribution in [1.29, 1.82) is 0 Å². The van der Waals surface area contributed by atoms with E-state index in [1.165, 1.54) is 0 Å². The molecule has 3 aromatic carbocycles. The van der Waals surface area contributed by atoms with Crippen molar-refractivity contribution in [2.75, 3.05) is 13.1 Å². The van der Waals surface area contributed by atoms with Crippen LogP contribution in [0.3, 0.4) is 0 Å². The lowest BCUT2D eigenvalue weighted by Gasteiger charge is -2.38. The van der Waals surface area contributed by atoms with Gasteiger partial charge in [-0.2, -0.15) is 4.98 Å². The minimum atomic E-state index is -0.729. The Labute approximate surface area is 252 Å². The van der Waals surface area contributed by atoms with E-state index in [4.69, 9.17) is 26.8 Å². The Balaban J connectivity index is 1.37. The average Bonchev–Trinajstić information content (AvgIpc) is 3.44. The molecule has 8 heteroatoms. The fourth-order valence-electron chi connectivity index (χ4n) is 5.73. The van der Waals surface area contributed by atoms with Crippen molar-refractivity contribution < 1.29 is 14.4 Å². The number of allylic oxidation sites excluding steroid dienone is 1. The molecule has 2 heterocycles. The van der Waals surface area contributed by atoms with Crippen molar-refractivity contribution in [2.24, 2.45) is 11.1 Å². The first-order chi connectivity index (χ1) is 20.1. The van der Waals surface area contributed by atoms with Crippen LogP contribution in [-0.4, -0.2) is 44.7 Å². The largest absolute Gasteiger partial charge is 0.481 e. The SMILES string of the molecule is C=CCC1(C(=O)O)CCN(Cc2ccc(-c3noc(-c4ccc(-c5ccccc5)c(Cl)c4)n3)c(CC(C)(C)N)c2)CC1. The maximum atomic E-state index is 12.0. The Bertz CT molecular complexity index is 1570. The normalized spacial score (nSPS) is 15.4. The molecule has 0 spiro atoms. The van der Waals surface area contributed by atoms with Crippen LogP contribution in [0.5, 0.6) is 0 Å². The van der Waals surface area contributed by atoms with Crippen LogP contribution < -0.4 is 5.73 Å². The molecular weight excluding hydrogens is 548 g/mol. The maximum Gasteiger partial charge on any atom is 0.310 e. The third kappa shape index (κ3) is 6.65. The van der Waals surface area contributed by atoms with Crippen molar-refractivity contribution in [3.63, 3.8) is 0 Å². The second-order valence-electron chi connectivity index (χ2n) is 12.0. The van der Waals surface area contributed by atoms with Crippen LogP contribution in [0.4, 0.5) is 0 Å². The summed E-state index contributed by atoms with van der Waals surface area (Å²) in [6.45, 7) is 9.93. The summed E-state index contributed by atoms with van der Waals surface area (Å²) < 4.78 is 5.69. The minimum absolute atomic E-state index is 0.392. The predicted octanol–water partition coefficient (Wildman–Crippen LogP) is 7.25. The number of carbonyl (C=O) groups is 1. The third-order valence-electron chi connectivity index (χ3n) is 7.99. The standard InChI is InChI=1S/C34H37ClN4O3/c1-4-14-34(32(40)41)15-17-39(18-16-34)22-23-10-12-28(26(19-23)21-33(2,3)36)30-37-31(42-38-30)25-11-13-27(29(35)20-25)24-8-6-5-7-9-24/h4-13,19-20H,1,14-18,21-22,36H2,2-3H3,(H,40,41). The first-order valence-electron chi connectivity index (χ1n) is 14.2. The van der Waals surface area contributed by atoms with E-state index < -0.39 is 16.9 Å². The summed E-state index contributed by atoms with van der Waals surface area (Å²) >= 11 is 6.64. The molecule has 1 aromatic heterocycles. The van der Waals surface area contributed by atoms with E-state index in [0.29, 0.717) is 42.4 Å². The second-order valence-corrected chi connectivity index (χ2v) is 12.4. The molecule has 42 heavy (non-hydrogen) atoms. The van der Waals surface area contributed by atoms with Gasteiger partial charge >= 0.3 is 5.97 Å². The lowest BCUT2D eigenvalue weighted by atomic mass is 9.75. The van der Waals surface area contributed by atoms with Crippen LogP contribution in [-0.2, 0) is 17.8 Å². The average molecular weight is 585 g/mol. The Morgan fingerprint density at radius 3 is 2.45 bits per heavy atom. The highest BCUT2D eigenvalue weighted by molar-refractivity contribution is 6.33. The van der Waals surface area contributed by atoms with Crippen molar-refractivity contribution in [2.45, 2.75) is 51.6 Å². The van der Waals surface area contributed by atoms with Crippen LogP contribution in [0, 0.1) is 5.41 Å². The summed E-state index contributed by atoms with van der Waals surface area (Å²) in [4.78, 5) is 19.0. The molecule has 3 N–H and O–H groups in total. The fourth-order valence-corrected chi connectivity index (χ4v) is 6.02. The summed E-state index contributed by atoms with van der Waals surface area (Å²) in [5.74, 6) is 0.156.